The maximum Gasteiger partial charge on any atom is 0.287 e. The lowest BCUT2D eigenvalue weighted by atomic mass is 10.3. The molecule has 5 nitrogen and oxygen atoms in total. The van der Waals surface area contributed by atoms with Crippen molar-refractivity contribution in [3.63, 3.8) is 0 Å². The summed E-state index contributed by atoms with van der Waals surface area (Å²) in [4.78, 5) is 11.9. The van der Waals surface area contributed by atoms with Gasteiger partial charge in [0, 0.05) is 0 Å². The molecule has 1 aromatic carbocycles. The van der Waals surface area contributed by atoms with E-state index in [1.54, 1.807) is 19.2 Å². The summed E-state index contributed by atoms with van der Waals surface area (Å²) >= 11 is 5.63. The SMILES string of the molecule is COc1ccc(OC(C)CNC(=O)c2ccc(CCl)o2)cc1. The van der Waals surface area contributed by atoms with Crippen LogP contribution in [0.4, 0.5) is 0 Å². The minimum absolute atomic E-state index is 0.181. The predicted molar refractivity (Wildman–Crippen MR) is 83.7 cm³/mol. The number of furan rings is 1. The highest BCUT2D eigenvalue weighted by atomic mass is 35.5. The highest BCUT2D eigenvalue weighted by Crippen LogP contribution is 2.18. The van der Waals surface area contributed by atoms with Gasteiger partial charge in [-0.15, -0.1) is 11.6 Å². The second kappa shape index (κ2) is 7.75. The van der Waals surface area contributed by atoms with Crippen LogP contribution in [0.3, 0.4) is 0 Å². The third-order valence-electron chi connectivity index (χ3n) is 2.96. The Hall–Kier alpha value is -2.14. The lowest BCUT2D eigenvalue weighted by Gasteiger charge is -2.15. The van der Waals surface area contributed by atoms with Gasteiger partial charge in [0.25, 0.3) is 5.91 Å². The normalized spacial score (nSPS) is 11.8. The second-order valence-corrected chi connectivity index (χ2v) is 4.98. The van der Waals surface area contributed by atoms with Crippen LogP contribution in [-0.4, -0.2) is 25.7 Å². The van der Waals surface area contributed by atoms with Crippen molar-refractivity contribution in [1.29, 1.82) is 0 Å². The van der Waals surface area contributed by atoms with Crippen LogP contribution in [0.2, 0.25) is 0 Å². The van der Waals surface area contributed by atoms with Crippen molar-refractivity contribution in [2.45, 2.75) is 18.9 Å². The van der Waals surface area contributed by atoms with Crippen LogP contribution >= 0.6 is 11.6 Å². The first-order valence-electron chi connectivity index (χ1n) is 6.86. The van der Waals surface area contributed by atoms with E-state index in [0.717, 1.165) is 5.75 Å². The zero-order chi connectivity index (χ0) is 15.9. The second-order valence-electron chi connectivity index (χ2n) is 4.71. The molecule has 0 bridgehead atoms. The highest BCUT2D eigenvalue weighted by molar-refractivity contribution is 6.16. The summed E-state index contributed by atoms with van der Waals surface area (Å²) in [6, 6.07) is 10.5. The van der Waals surface area contributed by atoms with Crippen molar-refractivity contribution in [2.75, 3.05) is 13.7 Å². The fourth-order valence-corrected chi connectivity index (χ4v) is 1.97. The quantitative estimate of drug-likeness (QED) is 0.795. The number of alkyl halides is 1. The summed E-state index contributed by atoms with van der Waals surface area (Å²) in [5, 5.41) is 2.75. The molecule has 1 N–H and O–H groups in total. The summed E-state index contributed by atoms with van der Waals surface area (Å²) in [5.41, 5.74) is 0. The van der Waals surface area contributed by atoms with Crippen molar-refractivity contribution in [3.05, 3.63) is 47.9 Å². The molecule has 1 amide bonds. The molecule has 1 atom stereocenters. The number of ether oxygens (including phenoxy) is 2. The van der Waals surface area contributed by atoms with Gasteiger partial charge in [-0.05, 0) is 43.3 Å². The molecule has 1 unspecified atom stereocenters. The number of carbonyl (C=O) groups excluding carboxylic acids is 1. The molecule has 0 aliphatic carbocycles. The van der Waals surface area contributed by atoms with Gasteiger partial charge in [-0.25, -0.2) is 0 Å². The predicted octanol–water partition coefficient (Wildman–Crippen LogP) is 3.22. The molecule has 0 radical (unpaired) electrons. The van der Waals surface area contributed by atoms with Crippen molar-refractivity contribution in [2.24, 2.45) is 0 Å². The Bertz CT molecular complexity index is 609. The Morgan fingerprint density at radius 2 is 1.91 bits per heavy atom. The molecule has 0 saturated heterocycles. The molecule has 0 aliphatic rings. The third kappa shape index (κ3) is 4.43. The van der Waals surface area contributed by atoms with Crippen LogP contribution in [0.25, 0.3) is 0 Å². The average molecular weight is 324 g/mol. The Labute approximate surface area is 134 Å². The minimum Gasteiger partial charge on any atom is -0.497 e. The van der Waals surface area contributed by atoms with E-state index < -0.39 is 0 Å². The Kier molecular flexibility index (Phi) is 5.72. The van der Waals surface area contributed by atoms with Gasteiger partial charge in [-0.1, -0.05) is 0 Å². The summed E-state index contributed by atoms with van der Waals surface area (Å²) < 4.78 is 16.1. The topological polar surface area (TPSA) is 60.7 Å². The molecule has 0 aliphatic heterocycles. The molecule has 1 aromatic heterocycles. The third-order valence-corrected chi connectivity index (χ3v) is 3.23. The smallest absolute Gasteiger partial charge is 0.287 e. The average Bonchev–Trinajstić information content (AvgIpc) is 3.02. The molecule has 2 rings (SSSR count). The minimum atomic E-state index is -0.290. The van der Waals surface area contributed by atoms with Gasteiger partial charge >= 0.3 is 0 Å². The lowest BCUT2D eigenvalue weighted by molar-refractivity contribution is 0.0903. The summed E-state index contributed by atoms with van der Waals surface area (Å²) in [5.74, 6) is 2.24. The van der Waals surface area contributed by atoms with Crippen LogP contribution in [0.15, 0.2) is 40.8 Å². The van der Waals surface area contributed by atoms with Crippen LogP contribution in [-0.2, 0) is 5.88 Å². The molecule has 118 valence electrons. The van der Waals surface area contributed by atoms with Crippen molar-refractivity contribution in [1.82, 2.24) is 5.32 Å². The molecular formula is C16H18ClNO4. The number of hydrogen-bond acceptors (Lipinski definition) is 4. The number of rotatable bonds is 7. The standard InChI is InChI=1S/C16H18ClNO4/c1-11(21-13-5-3-12(20-2)4-6-13)10-18-16(19)15-8-7-14(9-17)22-15/h3-8,11H,9-10H2,1-2H3,(H,18,19). The van der Waals surface area contributed by atoms with Gasteiger partial charge in [0.1, 0.15) is 23.4 Å². The summed E-state index contributed by atoms with van der Waals surface area (Å²) in [6.45, 7) is 2.23. The number of carbonyl (C=O) groups is 1. The Balaban J connectivity index is 1.81. The number of nitrogens with one attached hydrogen (secondary N) is 1. The molecular weight excluding hydrogens is 306 g/mol. The molecule has 0 saturated carbocycles. The fraction of sp³-hybridized carbons (Fsp3) is 0.312. The highest BCUT2D eigenvalue weighted by Gasteiger charge is 2.12. The van der Waals surface area contributed by atoms with Gasteiger partial charge in [0.2, 0.25) is 0 Å². The fourth-order valence-electron chi connectivity index (χ4n) is 1.82. The molecule has 0 spiro atoms. The van der Waals surface area contributed by atoms with Gasteiger partial charge in [-0.3, -0.25) is 4.79 Å². The molecule has 6 heteroatoms. The van der Waals surface area contributed by atoms with Crippen molar-refractivity contribution < 1.29 is 18.7 Å². The van der Waals surface area contributed by atoms with Crippen LogP contribution < -0.4 is 14.8 Å². The maximum absolute atomic E-state index is 11.9. The van der Waals surface area contributed by atoms with E-state index >= 15 is 0 Å². The first-order chi connectivity index (χ1) is 10.6. The molecule has 0 fully saturated rings. The zero-order valence-electron chi connectivity index (χ0n) is 12.5. The van der Waals surface area contributed by atoms with E-state index in [9.17, 15) is 4.79 Å². The monoisotopic (exact) mass is 323 g/mol. The van der Waals surface area contributed by atoms with Gasteiger partial charge in [0.05, 0.1) is 19.5 Å². The van der Waals surface area contributed by atoms with Gasteiger partial charge in [0.15, 0.2) is 5.76 Å². The van der Waals surface area contributed by atoms with Crippen molar-refractivity contribution >= 4 is 17.5 Å². The zero-order valence-corrected chi connectivity index (χ0v) is 13.2. The number of hydrogen-bond donors (Lipinski definition) is 1. The van der Waals surface area contributed by atoms with E-state index in [1.807, 2.05) is 31.2 Å². The number of halogens is 1. The molecule has 1 heterocycles. The largest absolute Gasteiger partial charge is 0.497 e. The molecule has 2 aromatic rings. The van der Waals surface area contributed by atoms with E-state index in [1.165, 1.54) is 0 Å². The summed E-state index contributed by atoms with van der Waals surface area (Å²) in [7, 11) is 1.61. The van der Waals surface area contributed by atoms with Crippen LogP contribution in [0.5, 0.6) is 11.5 Å². The van der Waals surface area contributed by atoms with E-state index in [4.69, 9.17) is 25.5 Å². The Morgan fingerprint density at radius 3 is 2.50 bits per heavy atom. The van der Waals surface area contributed by atoms with E-state index in [-0.39, 0.29) is 23.7 Å². The molecule has 22 heavy (non-hydrogen) atoms. The van der Waals surface area contributed by atoms with Crippen molar-refractivity contribution in [3.8, 4) is 11.5 Å². The van der Waals surface area contributed by atoms with Crippen LogP contribution in [0, 0.1) is 0 Å². The Morgan fingerprint density at radius 1 is 1.23 bits per heavy atom. The number of benzene rings is 1. The van der Waals surface area contributed by atoms with E-state index in [2.05, 4.69) is 5.32 Å². The van der Waals surface area contributed by atoms with Crippen LogP contribution in [0.1, 0.15) is 23.2 Å². The number of methoxy groups -OCH3 is 1. The van der Waals surface area contributed by atoms with Gasteiger partial charge < -0.3 is 19.2 Å². The lowest BCUT2D eigenvalue weighted by Crippen LogP contribution is -2.33. The maximum atomic E-state index is 11.9. The first-order valence-corrected chi connectivity index (χ1v) is 7.39. The van der Waals surface area contributed by atoms with E-state index in [0.29, 0.717) is 18.1 Å². The number of amides is 1. The first kappa shape index (κ1) is 16.2. The van der Waals surface area contributed by atoms with Gasteiger partial charge in [-0.2, -0.15) is 0 Å². The summed E-state index contributed by atoms with van der Waals surface area (Å²) in [6.07, 6.45) is -0.181.